The van der Waals surface area contributed by atoms with Gasteiger partial charge >= 0.3 is 6.18 Å². The van der Waals surface area contributed by atoms with Crippen LogP contribution in [-0.4, -0.2) is 41.3 Å². The fraction of sp³-hybridized carbons (Fsp3) is 0.727. The van der Waals surface area contributed by atoms with E-state index >= 15 is 0 Å². The zero-order chi connectivity index (χ0) is 15.8. The quantitative estimate of drug-likeness (QED) is 0.861. The van der Waals surface area contributed by atoms with E-state index in [9.17, 15) is 21.6 Å². The van der Waals surface area contributed by atoms with Crippen LogP contribution in [0.3, 0.4) is 0 Å². The number of nitrogens with zero attached hydrogens (tertiary/aromatic N) is 3. The molecule has 1 fully saturated rings. The molecule has 1 heterocycles. The summed E-state index contributed by atoms with van der Waals surface area (Å²) in [5, 5.41) is 3.83. The molecule has 1 aliphatic carbocycles. The van der Waals surface area contributed by atoms with E-state index in [4.69, 9.17) is 5.73 Å². The Balaban J connectivity index is 2.34. The SMILES string of the molecule is CCCn1cc(S(=O)(=O)N(CC(F)(F)F)C2CC2)c(N)n1. The molecule has 6 nitrogen and oxygen atoms in total. The lowest BCUT2D eigenvalue weighted by Gasteiger charge is -2.22. The number of alkyl halides is 3. The van der Waals surface area contributed by atoms with Gasteiger partial charge in [-0.2, -0.15) is 22.6 Å². The van der Waals surface area contributed by atoms with Gasteiger partial charge in [0.1, 0.15) is 11.4 Å². The number of hydrogen-bond donors (Lipinski definition) is 1. The highest BCUT2D eigenvalue weighted by molar-refractivity contribution is 7.89. The van der Waals surface area contributed by atoms with Gasteiger partial charge in [-0.25, -0.2) is 8.42 Å². The molecule has 2 rings (SSSR count). The number of nitrogen functional groups attached to an aromatic ring is 1. The van der Waals surface area contributed by atoms with Crippen molar-refractivity contribution in [3.8, 4) is 0 Å². The number of nitrogens with two attached hydrogens (primary N) is 1. The molecule has 1 saturated carbocycles. The first-order valence-corrected chi connectivity index (χ1v) is 8.00. The number of rotatable bonds is 6. The van der Waals surface area contributed by atoms with E-state index in [0.29, 0.717) is 30.1 Å². The largest absolute Gasteiger partial charge is 0.402 e. The maximum Gasteiger partial charge on any atom is 0.402 e. The van der Waals surface area contributed by atoms with Gasteiger partial charge < -0.3 is 5.73 Å². The van der Waals surface area contributed by atoms with Crippen LogP contribution in [0, 0.1) is 0 Å². The summed E-state index contributed by atoms with van der Waals surface area (Å²) in [7, 11) is -4.29. The summed E-state index contributed by atoms with van der Waals surface area (Å²) in [4.78, 5) is -0.355. The third-order valence-electron chi connectivity index (χ3n) is 3.08. The van der Waals surface area contributed by atoms with Gasteiger partial charge in [0.25, 0.3) is 0 Å². The molecule has 0 atom stereocenters. The van der Waals surface area contributed by atoms with Gasteiger partial charge in [-0.15, -0.1) is 0 Å². The molecular formula is C11H17F3N4O2S. The molecule has 1 aromatic rings. The Labute approximate surface area is 120 Å². The van der Waals surface area contributed by atoms with Crippen LogP contribution in [0.5, 0.6) is 0 Å². The van der Waals surface area contributed by atoms with Crippen LogP contribution >= 0.6 is 0 Å². The normalized spacial score (nSPS) is 16.6. The molecule has 0 spiro atoms. The Bertz CT molecular complexity index is 607. The Kier molecular flexibility index (Phi) is 4.20. The first kappa shape index (κ1) is 16.1. The lowest BCUT2D eigenvalue weighted by molar-refractivity contribution is -0.137. The second-order valence-electron chi connectivity index (χ2n) is 5.04. The molecule has 120 valence electrons. The fourth-order valence-electron chi connectivity index (χ4n) is 2.04. The third kappa shape index (κ3) is 3.67. The van der Waals surface area contributed by atoms with Crippen molar-refractivity contribution in [1.82, 2.24) is 14.1 Å². The van der Waals surface area contributed by atoms with E-state index in [1.54, 1.807) is 0 Å². The van der Waals surface area contributed by atoms with Gasteiger partial charge in [-0.1, -0.05) is 6.92 Å². The van der Waals surface area contributed by atoms with Gasteiger partial charge in [-0.3, -0.25) is 4.68 Å². The van der Waals surface area contributed by atoms with Crippen LogP contribution < -0.4 is 5.73 Å². The second-order valence-corrected chi connectivity index (χ2v) is 6.90. The second kappa shape index (κ2) is 5.48. The van der Waals surface area contributed by atoms with Crippen LogP contribution in [0.2, 0.25) is 0 Å². The van der Waals surface area contributed by atoms with Crippen LogP contribution in [0.25, 0.3) is 0 Å². The van der Waals surface area contributed by atoms with Crippen molar-refractivity contribution in [2.24, 2.45) is 0 Å². The number of hydrogen-bond acceptors (Lipinski definition) is 4. The van der Waals surface area contributed by atoms with Gasteiger partial charge in [0.05, 0.1) is 0 Å². The molecule has 21 heavy (non-hydrogen) atoms. The van der Waals surface area contributed by atoms with E-state index in [-0.39, 0.29) is 10.7 Å². The summed E-state index contributed by atoms with van der Waals surface area (Å²) in [6.45, 7) is 0.813. The summed E-state index contributed by atoms with van der Waals surface area (Å²) in [6, 6.07) is -0.606. The lowest BCUT2D eigenvalue weighted by Crippen LogP contribution is -2.40. The molecule has 0 aromatic carbocycles. The van der Waals surface area contributed by atoms with E-state index in [1.807, 2.05) is 6.92 Å². The van der Waals surface area contributed by atoms with Gasteiger partial charge in [0.15, 0.2) is 5.82 Å². The molecule has 0 aliphatic heterocycles. The maximum absolute atomic E-state index is 12.6. The van der Waals surface area contributed by atoms with Crippen LogP contribution in [0.15, 0.2) is 11.1 Å². The number of aryl methyl sites for hydroxylation is 1. The summed E-state index contributed by atoms with van der Waals surface area (Å²) in [6.07, 6.45) is -1.84. The van der Waals surface area contributed by atoms with E-state index < -0.39 is 28.8 Å². The number of halogens is 3. The molecule has 0 saturated heterocycles. The van der Waals surface area contributed by atoms with Crippen molar-refractivity contribution in [3.05, 3.63) is 6.20 Å². The van der Waals surface area contributed by atoms with Crippen LogP contribution in [-0.2, 0) is 16.6 Å². The zero-order valence-electron chi connectivity index (χ0n) is 11.5. The highest BCUT2D eigenvalue weighted by atomic mass is 32.2. The molecule has 2 N–H and O–H groups in total. The molecule has 0 unspecified atom stereocenters. The van der Waals surface area contributed by atoms with Gasteiger partial charge in [0, 0.05) is 18.8 Å². The predicted molar refractivity (Wildman–Crippen MR) is 69.9 cm³/mol. The molecular weight excluding hydrogens is 309 g/mol. The molecule has 1 aromatic heterocycles. The monoisotopic (exact) mass is 326 g/mol. The Morgan fingerprint density at radius 2 is 2.10 bits per heavy atom. The molecule has 0 amide bonds. The summed E-state index contributed by atoms with van der Waals surface area (Å²) in [5.74, 6) is -0.267. The number of anilines is 1. The van der Waals surface area contributed by atoms with Crippen molar-refractivity contribution in [2.75, 3.05) is 12.3 Å². The third-order valence-corrected chi connectivity index (χ3v) is 5.00. The minimum absolute atomic E-state index is 0.267. The van der Waals surface area contributed by atoms with Gasteiger partial charge in [0.2, 0.25) is 10.0 Å². The Morgan fingerprint density at radius 1 is 1.48 bits per heavy atom. The highest BCUT2D eigenvalue weighted by Gasteiger charge is 2.45. The van der Waals surface area contributed by atoms with Crippen molar-refractivity contribution < 1.29 is 21.6 Å². The van der Waals surface area contributed by atoms with E-state index in [0.717, 1.165) is 0 Å². The predicted octanol–water partition coefficient (Wildman–Crippen LogP) is 1.59. The summed E-state index contributed by atoms with van der Waals surface area (Å²) >= 11 is 0. The van der Waals surface area contributed by atoms with Crippen molar-refractivity contribution in [2.45, 2.75) is 49.8 Å². The topological polar surface area (TPSA) is 81.2 Å². The zero-order valence-corrected chi connectivity index (χ0v) is 12.3. The van der Waals surface area contributed by atoms with Crippen molar-refractivity contribution >= 4 is 15.8 Å². The molecule has 0 radical (unpaired) electrons. The fourth-order valence-corrected chi connectivity index (χ4v) is 3.77. The standard InChI is InChI=1S/C11H17F3N4O2S/c1-2-5-17-6-9(10(15)16-17)21(19,20)18(8-3-4-8)7-11(12,13)14/h6,8H,2-5,7H2,1H3,(H2,15,16). The maximum atomic E-state index is 12.6. The average Bonchev–Trinajstić information content (AvgIpc) is 3.10. The average molecular weight is 326 g/mol. The van der Waals surface area contributed by atoms with Crippen molar-refractivity contribution in [1.29, 1.82) is 0 Å². The molecule has 0 bridgehead atoms. The first-order valence-electron chi connectivity index (χ1n) is 6.56. The minimum Gasteiger partial charge on any atom is -0.381 e. The Hall–Kier alpha value is -1.29. The molecule has 1 aliphatic rings. The number of aromatic nitrogens is 2. The smallest absolute Gasteiger partial charge is 0.381 e. The lowest BCUT2D eigenvalue weighted by atomic mass is 10.5. The highest BCUT2D eigenvalue weighted by Crippen LogP contribution is 2.35. The summed E-state index contributed by atoms with van der Waals surface area (Å²) in [5.41, 5.74) is 5.56. The van der Waals surface area contributed by atoms with Gasteiger partial charge in [-0.05, 0) is 19.3 Å². The molecule has 10 heteroatoms. The number of sulfonamides is 1. The summed E-state index contributed by atoms with van der Waals surface area (Å²) < 4.78 is 64.5. The van der Waals surface area contributed by atoms with Crippen molar-refractivity contribution in [3.63, 3.8) is 0 Å². The first-order chi connectivity index (χ1) is 9.65. The van der Waals surface area contributed by atoms with E-state index in [2.05, 4.69) is 5.10 Å². The van der Waals surface area contributed by atoms with Crippen LogP contribution in [0.1, 0.15) is 26.2 Å². The van der Waals surface area contributed by atoms with E-state index in [1.165, 1.54) is 10.9 Å². The Morgan fingerprint density at radius 3 is 2.57 bits per heavy atom. The van der Waals surface area contributed by atoms with Crippen LogP contribution in [0.4, 0.5) is 19.0 Å². The minimum atomic E-state index is -4.59.